The van der Waals surface area contributed by atoms with E-state index < -0.39 is 73.0 Å². The van der Waals surface area contributed by atoms with Crippen LogP contribution in [0.1, 0.15) is 57.2 Å². The number of aldehydes is 2. The van der Waals surface area contributed by atoms with Crippen molar-refractivity contribution in [1.29, 1.82) is 0 Å². The van der Waals surface area contributed by atoms with Crippen molar-refractivity contribution in [2.75, 3.05) is 26.4 Å². The fraction of sp³-hybridized carbons (Fsp3) is 0.625. The summed E-state index contributed by atoms with van der Waals surface area (Å²) in [6.07, 6.45) is 2.65. The van der Waals surface area contributed by atoms with Crippen LogP contribution in [0, 0.1) is 6.92 Å². The summed E-state index contributed by atoms with van der Waals surface area (Å²) in [5.41, 5.74) is -1.43. The van der Waals surface area contributed by atoms with Gasteiger partial charge in [0.2, 0.25) is 0 Å². The third-order valence-electron chi connectivity index (χ3n) is 5.32. The minimum atomic E-state index is -5.22. The number of phosphoric ester groups is 3. The number of hydrogen-bond acceptors (Lipinski definition) is 19. The van der Waals surface area contributed by atoms with Crippen LogP contribution in [0.15, 0.2) is 15.8 Å². The molecule has 0 bridgehead atoms. The van der Waals surface area contributed by atoms with Crippen molar-refractivity contribution in [2.45, 2.75) is 70.8 Å². The van der Waals surface area contributed by atoms with Crippen LogP contribution < -0.4 is 25.9 Å². The van der Waals surface area contributed by atoms with Crippen LogP contribution in [-0.2, 0) is 65.0 Å². The minimum absolute atomic E-state index is 0.125. The van der Waals surface area contributed by atoms with Gasteiger partial charge in [-0.2, -0.15) is 0 Å². The highest BCUT2D eigenvalue weighted by atomic mass is 31.2. The highest BCUT2D eigenvalue weighted by molar-refractivity contribution is 7.46. The van der Waals surface area contributed by atoms with Crippen molar-refractivity contribution in [2.24, 2.45) is 0 Å². The number of nitrogens with zero attached hydrogens (tertiary/aromatic N) is 1. The second-order valence-corrected chi connectivity index (χ2v) is 12.7. The molecule has 0 radical (unpaired) electrons. The van der Waals surface area contributed by atoms with Crippen LogP contribution >= 0.6 is 23.5 Å². The third kappa shape index (κ3) is 24.2. The van der Waals surface area contributed by atoms with Crippen molar-refractivity contribution in [1.82, 2.24) is 9.55 Å². The van der Waals surface area contributed by atoms with Gasteiger partial charge in [0.15, 0.2) is 0 Å². The lowest BCUT2D eigenvalue weighted by Crippen LogP contribution is -2.33. The number of carbonyl (C=O) groups excluding carboxylic acids is 5. The van der Waals surface area contributed by atoms with Gasteiger partial charge in [0, 0.05) is 31.0 Å². The summed E-state index contributed by atoms with van der Waals surface area (Å²) >= 11 is 0. The number of hydrogen-bond donors (Lipinski definition) is 2. The second-order valence-electron chi connectivity index (χ2n) is 8.70. The predicted molar refractivity (Wildman–Crippen MR) is 161 cm³/mol. The maximum absolute atomic E-state index is 12.2. The molecule has 1 aliphatic heterocycles. The monoisotopic (exact) mass is 769 g/mol. The van der Waals surface area contributed by atoms with Gasteiger partial charge in [0.1, 0.15) is 45.3 Å². The molecule has 284 valence electrons. The molecule has 2 rings (SSSR count). The number of nitrogens with one attached hydrogen (secondary N) is 1. The zero-order chi connectivity index (χ0) is 38.7. The molecule has 2 heterocycles. The SMILES string of the molecule is C=O.C=O.C=O.CCOP(=O)([O-])OCCOP(=O)([O-])OC1CC(n2cc(C)c(=O)[nH]c2=O)OC1COP(=O)([O-])O.O=CCCCCCC=O. The van der Waals surface area contributed by atoms with Crippen molar-refractivity contribution >= 4 is 56.4 Å². The van der Waals surface area contributed by atoms with E-state index in [0.717, 1.165) is 42.6 Å². The summed E-state index contributed by atoms with van der Waals surface area (Å²) in [5, 5.41) is 0. The first kappa shape index (κ1) is 50.7. The van der Waals surface area contributed by atoms with Crippen LogP contribution in [0.4, 0.5) is 0 Å². The fourth-order valence-corrected chi connectivity index (χ4v) is 5.36. The molecule has 6 unspecified atom stereocenters. The maximum atomic E-state index is 12.2. The highest BCUT2D eigenvalue weighted by Crippen LogP contribution is 2.46. The number of unbranched alkanes of at least 4 members (excludes halogenated alkanes) is 4. The van der Waals surface area contributed by atoms with Crippen LogP contribution in [0.5, 0.6) is 0 Å². The van der Waals surface area contributed by atoms with Crippen molar-refractivity contribution < 1.29 is 84.6 Å². The quantitative estimate of drug-likeness (QED) is 0.0946. The molecule has 49 heavy (non-hydrogen) atoms. The Bertz CT molecular complexity index is 1320. The number of phosphoric acid groups is 3. The lowest BCUT2D eigenvalue weighted by Gasteiger charge is -2.29. The number of aromatic amines is 1. The van der Waals surface area contributed by atoms with Gasteiger partial charge in [-0.15, -0.1) is 0 Å². The Balaban J connectivity index is -0.00000119. The molecule has 1 saturated heterocycles. The Kier molecular flexibility index (Phi) is 29.0. The van der Waals surface area contributed by atoms with E-state index in [0.29, 0.717) is 12.8 Å². The molecule has 1 aromatic heterocycles. The first-order chi connectivity index (χ1) is 23.0. The zero-order valence-electron chi connectivity index (χ0n) is 26.6. The maximum Gasteiger partial charge on any atom is 0.330 e. The molecular weight excluding hydrogens is 729 g/mol. The molecule has 1 fully saturated rings. The lowest BCUT2D eigenvalue weighted by molar-refractivity contribution is -0.237. The summed E-state index contributed by atoms with van der Waals surface area (Å²) in [7, 11) is -15.0. The van der Waals surface area contributed by atoms with Gasteiger partial charge in [-0.25, -0.2) is 4.79 Å². The fourth-order valence-electron chi connectivity index (χ4n) is 3.42. The average Bonchev–Trinajstić information content (AvgIpc) is 3.44. The largest absolute Gasteiger partial charge is 0.756 e. The van der Waals surface area contributed by atoms with E-state index in [9.17, 15) is 47.6 Å². The number of carbonyl (C=O) groups is 5. The topological polar surface area (TPSA) is 336 Å². The Morgan fingerprint density at radius 3 is 1.90 bits per heavy atom. The summed E-state index contributed by atoms with van der Waals surface area (Å²) in [5.74, 6) is 0. The minimum Gasteiger partial charge on any atom is -0.756 e. The summed E-state index contributed by atoms with van der Waals surface area (Å²) in [6.45, 7) is 6.22. The number of rotatable bonds is 19. The van der Waals surface area contributed by atoms with E-state index in [1.165, 1.54) is 13.8 Å². The van der Waals surface area contributed by atoms with Gasteiger partial charge in [0.25, 0.3) is 29.0 Å². The van der Waals surface area contributed by atoms with Gasteiger partial charge in [-0.1, -0.05) is 6.42 Å². The number of ether oxygens (including phenoxy) is 1. The molecule has 22 nitrogen and oxygen atoms in total. The molecule has 2 N–H and O–H groups in total. The summed E-state index contributed by atoms with van der Waals surface area (Å²) in [4.78, 5) is 112. The molecule has 0 aliphatic carbocycles. The van der Waals surface area contributed by atoms with Gasteiger partial charge >= 0.3 is 5.69 Å². The number of aromatic nitrogens is 2. The van der Waals surface area contributed by atoms with E-state index in [1.807, 2.05) is 25.4 Å². The standard InChI is InChI=1S/C14H25N2O15P3.C7H12O2.3CH2O/c1-3-26-33(22,23)27-4-5-28-34(24,25)31-10-6-12(30-11(10)8-29-32(19,20)21)16-7-9(2)13(17)15-14(16)18;8-6-4-2-1-3-5-7-9;3*1-2/h7,10-12H,3-6,8H2,1-2H3,(H,22,23)(H,24,25)(H,15,17,18)(H2,19,20,21);6-7H,1-5H2;3*1H2/p-3. The molecule has 0 aromatic carbocycles. The molecule has 0 saturated carbocycles. The third-order valence-corrected chi connectivity index (χ3v) is 7.89. The van der Waals surface area contributed by atoms with Crippen molar-refractivity contribution in [3.05, 3.63) is 32.6 Å². The van der Waals surface area contributed by atoms with Crippen molar-refractivity contribution in [3.8, 4) is 0 Å². The Morgan fingerprint density at radius 2 is 1.43 bits per heavy atom. The van der Waals surface area contributed by atoms with Crippen molar-refractivity contribution in [3.63, 3.8) is 0 Å². The van der Waals surface area contributed by atoms with Gasteiger partial charge in [-0.05, 0) is 26.7 Å². The normalized spacial score (nSPS) is 19.9. The van der Waals surface area contributed by atoms with E-state index >= 15 is 0 Å². The van der Waals surface area contributed by atoms with Crippen LogP contribution in [-0.4, -0.2) is 86.0 Å². The van der Waals surface area contributed by atoms with Gasteiger partial charge in [0.05, 0.1) is 32.5 Å². The number of H-pyrrole nitrogens is 1. The smallest absolute Gasteiger partial charge is 0.330 e. The molecule has 0 amide bonds. The summed E-state index contributed by atoms with van der Waals surface area (Å²) < 4.78 is 63.1. The second kappa shape index (κ2) is 28.1. The summed E-state index contributed by atoms with van der Waals surface area (Å²) in [6, 6.07) is 0. The van der Waals surface area contributed by atoms with E-state index in [-0.39, 0.29) is 18.6 Å². The molecule has 1 aliphatic rings. The van der Waals surface area contributed by atoms with Gasteiger partial charge < -0.3 is 70.9 Å². The molecule has 6 atom stereocenters. The van der Waals surface area contributed by atoms with Crippen LogP contribution in [0.3, 0.4) is 0 Å². The van der Waals surface area contributed by atoms with E-state index in [2.05, 4.69) is 18.1 Å². The predicted octanol–water partition coefficient (Wildman–Crippen LogP) is -1.22. The Labute approximate surface area is 280 Å². The average molecular weight is 770 g/mol. The Hall–Kier alpha value is -2.68. The Morgan fingerprint density at radius 1 is 0.918 bits per heavy atom. The van der Waals surface area contributed by atoms with Crippen LogP contribution in [0.2, 0.25) is 0 Å². The van der Waals surface area contributed by atoms with Crippen LogP contribution in [0.25, 0.3) is 0 Å². The van der Waals surface area contributed by atoms with Gasteiger partial charge in [-0.3, -0.25) is 28.0 Å². The highest BCUT2D eigenvalue weighted by Gasteiger charge is 2.40. The first-order valence-corrected chi connectivity index (χ1v) is 18.1. The van der Waals surface area contributed by atoms with E-state index in [1.54, 1.807) is 0 Å². The number of aryl methyl sites for hydroxylation is 1. The zero-order valence-corrected chi connectivity index (χ0v) is 29.3. The lowest BCUT2D eigenvalue weighted by atomic mass is 10.2. The molecule has 1 aromatic rings. The molecular formula is C24H40N2O20P3-3. The molecule has 0 spiro atoms. The first-order valence-electron chi connectivity index (χ1n) is 13.7. The van der Waals surface area contributed by atoms with E-state index in [4.69, 9.17) is 28.5 Å². The molecule has 25 heteroatoms.